The highest BCUT2D eigenvalue weighted by Crippen LogP contribution is 2.25. The van der Waals surface area contributed by atoms with Crippen molar-refractivity contribution in [2.75, 3.05) is 33.9 Å². The minimum Gasteiger partial charge on any atom is -0.497 e. The molecule has 0 spiro atoms. The van der Waals surface area contributed by atoms with E-state index in [9.17, 15) is 9.59 Å². The molecule has 0 bridgehead atoms. The van der Waals surface area contributed by atoms with Crippen LogP contribution in [0, 0.1) is 0 Å². The van der Waals surface area contributed by atoms with Crippen LogP contribution in [0.4, 0.5) is 0 Å². The predicted molar refractivity (Wildman–Crippen MR) is 125 cm³/mol. The average Bonchev–Trinajstić information content (AvgIpc) is 3.24. The first kappa shape index (κ1) is 24.2. The normalized spacial score (nSPS) is 11.8. The number of nitrogens with zero attached hydrogens (tertiary/aromatic N) is 4. The Kier molecular flexibility index (Phi) is 8.77. The van der Waals surface area contributed by atoms with E-state index < -0.39 is 6.04 Å². The number of ether oxygens (including phenoxy) is 2. The van der Waals surface area contributed by atoms with Gasteiger partial charge in [-0.2, -0.15) is 0 Å². The third-order valence-electron chi connectivity index (χ3n) is 5.38. The van der Waals surface area contributed by atoms with E-state index in [1.54, 1.807) is 35.9 Å². The minimum absolute atomic E-state index is 0.0117. The van der Waals surface area contributed by atoms with Crippen molar-refractivity contribution in [2.24, 2.45) is 0 Å². The van der Waals surface area contributed by atoms with Crippen LogP contribution in [-0.4, -0.2) is 65.6 Å². The zero-order valence-electron chi connectivity index (χ0n) is 19.4. The molecule has 33 heavy (non-hydrogen) atoms. The van der Waals surface area contributed by atoms with Crippen LogP contribution >= 0.6 is 0 Å². The van der Waals surface area contributed by atoms with Crippen molar-refractivity contribution in [2.45, 2.75) is 32.4 Å². The van der Waals surface area contributed by atoms with Crippen molar-refractivity contribution in [3.63, 3.8) is 0 Å². The van der Waals surface area contributed by atoms with Crippen LogP contribution in [0.1, 0.15) is 31.4 Å². The summed E-state index contributed by atoms with van der Waals surface area (Å²) >= 11 is 0. The Hall–Kier alpha value is -3.46. The fourth-order valence-corrected chi connectivity index (χ4v) is 3.61. The monoisotopic (exact) mass is 453 g/mol. The van der Waals surface area contributed by atoms with Crippen LogP contribution in [-0.2, 0) is 20.9 Å². The first-order valence-corrected chi connectivity index (χ1v) is 11.1. The van der Waals surface area contributed by atoms with E-state index in [1.807, 2.05) is 36.4 Å². The topological polar surface area (TPSA) is 98.6 Å². The highest BCUT2D eigenvalue weighted by Gasteiger charge is 2.31. The van der Waals surface area contributed by atoms with E-state index in [4.69, 9.17) is 9.47 Å². The predicted octanol–water partition coefficient (Wildman–Crippen LogP) is 2.57. The molecule has 2 aromatic carbocycles. The lowest BCUT2D eigenvalue weighted by Crippen LogP contribution is -2.46. The fourth-order valence-electron chi connectivity index (χ4n) is 3.61. The molecule has 1 heterocycles. The summed E-state index contributed by atoms with van der Waals surface area (Å²) in [6.45, 7) is 3.22. The van der Waals surface area contributed by atoms with Crippen LogP contribution < -0.4 is 10.1 Å². The van der Waals surface area contributed by atoms with Gasteiger partial charge in [0.15, 0.2) is 0 Å². The molecule has 1 atom stereocenters. The van der Waals surface area contributed by atoms with E-state index in [0.29, 0.717) is 31.0 Å². The number of aromatic nitrogens is 3. The van der Waals surface area contributed by atoms with E-state index in [0.717, 1.165) is 23.9 Å². The lowest BCUT2D eigenvalue weighted by molar-refractivity contribution is -0.141. The Morgan fingerprint density at radius 1 is 1.12 bits per heavy atom. The van der Waals surface area contributed by atoms with Crippen molar-refractivity contribution < 1.29 is 19.1 Å². The molecule has 0 radical (unpaired) electrons. The molecule has 0 fully saturated rings. The van der Waals surface area contributed by atoms with Gasteiger partial charge < -0.3 is 19.7 Å². The second kappa shape index (κ2) is 12.0. The van der Waals surface area contributed by atoms with Gasteiger partial charge in [0.1, 0.15) is 23.9 Å². The van der Waals surface area contributed by atoms with Gasteiger partial charge in [-0.25, -0.2) is 4.68 Å². The molecule has 2 amide bonds. The van der Waals surface area contributed by atoms with Crippen LogP contribution in [0.3, 0.4) is 0 Å². The van der Waals surface area contributed by atoms with Crippen LogP contribution in [0.2, 0.25) is 0 Å². The lowest BCUT2D eigenvalue weighted by atomic mass is 10.0. The number of benzene rings is 2. The smallest absolute Gasteiger partial charge is 0.247 e. The first-order valence-electron chi connectivity index (χ1n) is 11.1. The Balaban J connectivity index is 1.92. The van der Waals surface area contributed by atoms with Gasteiger partial charge in [-0.15, -0.1) is 5.10 Å². The number of rotatable bonds is 12. The number of methoxy groups -OCH3 is 2. The highest BCUT2D eigenvalue weighted by molar-refractivity contribution is 5.89. The molecule has 3 aromatic rings. The number of hydrogen-bond acceptors (Lipinski definition) is 6. The van der Waals surface area contributed by atoms with Crippen LogP contribution in [0.25, 0.3) is 11.0 Å². The summed E-state index contributed by atoms with van der Waals surface area (Å²) in [4.78, 5) is 28.4. The largest absolute Gasteiger partial charge is 0.497 e. The van der Waals surface area contributed by atoms with Gasteiger partial charge in [-0.05, 0) is 36.2 Å². The summed E-state index contributed by atoms with van der Waals surface area (Å²) in [7, 11) is 3.16. The number of fused-ring (bicyclic) bond motifs is 1. The molecule has 1 aromatic heterocycles. The van der Waals surface area contributed by atoms with Gasteiger partial charge in [0.2, 0.25) is 11.8 Å². The number of carbonyl (C=O) groups is 2. The van der Waals surface area contributed by atoms with E-state index >= 15 is 0 Å². The number of para-hydroxylation sites is 1. The second-order valence-electron chi connectivity index (χ2n) is 7.64. The minimum atomic E-state index is -0.790. The summed E-state index contributed by atoms with van der Waals surface area (Å²) in [5, 5.41) is 11.2. The molecule has 0 saturated heterocycles. The van der Waals surface area contributed by atoms with Gasteiger partial charge in [0, 0.05) is 20.2 Å². The van der Waals surface area contributed by atoms with Gasteiger partial charge >= 0.3 is 0 Å². The average molecular weight is 454 g/mol. The van der Waals surface area contributed by atoms with Crippen molar-refractivity contribution in [3.05, 3.63) is 54.1 Å². The number of unbranched alkanes of at least 4 members (excludes halogenated alkanes) is 1. The lowest BCUT2D eigenvalue weighted by Gasteiger charge is -2.31. The maximum Gasteiger partial charge on any atom is 0.247 e. The molecule has 9 nitrogen and oxygen atoms in total. The number of nitrogens with one attached hydrogen (secondary N) is 1. The van der Waals surface area contributed by atoms with E-state index in [1.165, 1.54) is 0 Å². The molecule has 0 aliphatic heterocycles. The summed E-state index contributed by atoms with van der Waals surface area (Å²) in [6.07, 6.45) is 1.65. The van der Waals surface area contributed by atoms with Crippen molar-refractivity contribution in [3.8, 4) is 5.75 Å². The molecule has 9 heteroatoms. The molecular formula is C24H31N5O4. The Labute approximate surface area is 193 Å². The van der Waals surface area contributed by atoms with Crippen molar-refractivity contribution in [1.82, 2.24) is 25.2 Å². The van der Waals surface area contributed by atoms with Crippen molar-refractivity contribution in [1.29, 1.82) is 0 Å². The molecular weight excluding hydrogens is 422 g/mol. The summed E-state index contributed by atoms with van der Waals surface area (Å²) in [6, 6.07) is 13.9. The standard InChI is InChI=1S/C24H31N5O4/c1-4-5-15-28(22(30)17-29-21-9-7-6-8-20(21)26-27-29)23(24(31)25-14-16-32-2)18-10-12-19(33-3)13-11-18/h6-13,23H,4-5,14-17H2,1-3H3,(H,25,31)/t23-/m0/s1. The number of carbonyl (C=O) groups excluding carboxylic acids is 2. The Morgan fingerprint density at radius 2 is 1.88 bits per heavy atom. The zero-order valence-corrected chi connectivity index (χ0v) is 19.4. The van der Waals surface area contributed by atoms with E-state index in [-0.39, 0.29) is 18.4 Å². The Morgan fingerprint density at radius 3 is 2.58 bits per heavy atom. The molecule has 0 saturated carbocycles. The van der Waals surface area contributed by atoms with Gasteiger partial charge in [0.05, 0.1) is 19.2 Å². The van der Waals surface area contributed by atoms with Crippen LogP contribution in [0.5, 0.6) is 5.75 Å². The molecule has 3 rings (SSSR count). The SMILES string of the molecule is CCCCN(C(=O)Cn1nnc2ccccc21)[C@H](C(=O)NCCOC)c1ccc(OC)cc1. The first-order chi connectivity index (χ1) is 16.1. The van der Waals surface area contributed by atoms with Crippen molar-refractivity contribution >= 4 is 22.8 Å². The fraction of sp³-hybridized carbons (Fsp3) is 0.417. The summed E-state index contributed by atoms with van der Waals surface area (Å²) in [5.74, 6) is 0.213. The molecule has 1 N–H and O–H groups in total. The van der Waals surface area contributed by atoms with Crippen LogP contribution in [0.15, 0.2) is 48.5 Å². The second-order valence-corrected chi connectivity index (χ2v) is 7.64. The van der Waals surface area contributed by atoms with E-state index in [2.05, 4.69) is 22.6 Å². The Bertz CT molecular complexity index is 1050. The third kappa shape index (κ3) is 6.07. The number of amides is 2. The van der Waals surface area contributed by atoms with Gasteiger partial charge in [0.25, 0.3) is 0 Å². The molecule has 0 aliphatic carbocycles. The summed E-state index contributed by atoms with van der Waals surface area (Å²) < 4.78 is 11.9. The number of hydrogen-bond donors (Lipinski definition) is 1. The highest BCUT2D eigenvalue weighted by atomic mass is 16.5. The van der Waals surface area contributed by atoms with Gasteiger partial charge in [-0.1, -0.05) is 42.8 Å². The van der Waals surface area contributed by atoms with Gasteiger partial charge in [-0.3, -0.25) is 9.59 Å². The molecule has 0 unspecified atom stereocenters. The zero-order chi connectivity index (χ0) is 23.6. The maximum atomic E-state index is 13.5. The molecule has 176 valence electrons. The third-order valence-corrected chi connectivity index (χ3v) is 5.38. The molecule has 0 aliphatic rings. The quantitative estimate of drug-likeness (QED) is 0.423. The summed E-state index contributed by atoms with van der Waals surface area (Å²) in [5.41, 5.74) is 2.19. The maximum absolute atomic E-state index is 13.5.